The van der Waals surface area contributed by atoms with Crippen molar-refractivity contribution in [2.75, 3.05) is 0 Å². The lowest BCUT2D eigenvalue weighted by Gasteiger charge is -2.14. The van der Waals surface area contributed by atoms with Crippen LogP contribution < -0.4 is 4.72 Å². The number of nitrogens with one attached hydrogen (secondary N) is 1. The molecule has 2 aromatic carbocycles. The summed E-state index contributed by atoms with van der Waals surface area (Å²) in [5.41, 5.74) is -0.0129. The number of rotatable bonds is 6. The molecule has 28 heavy (non-hydrogen) atoms. The number of hydrogen-bond acceptors (Lipinski definition) is 5. The van der Waals surface area contributed by atoms with Crippen molar-refractivity contribution in [3.05, 3.63) is 71.4 Å². The van der Waals surface area contributed by atoms with Gasteiger partial charge in [0.1, 0.15) is 10.5 Å². The lowest BCUT2D eigenvalue weighted by atomic mass is 10.1. The highest BCUT2D eigenvalue weighted by atomic mass is 35.5. The van der Waals surface area contributed by atoms with Crippen molar-refractivity contribution in [2.24, 2.45) is 0 Å². The zero-order chi connectivity index (χ0) is 19.9. The highest BCUT2D eigenvalue weighted by molar-refractivity contribution is 7.91. The van der Waals surface area contributed by atoms with Gasteiger partial charge in [-0.3, -0.25) is 4.79 Å². The Morgan fingerprint density at radius 1 is 1.18 bits per heavy atom. The Balaban J connectivity index is 1.60. The molecule has 1 aromatic heterocycles. The van der Waals surface area contributed by atoms with Crippen LogP contribution in [0, 0.1) is 0 Å². The van der Waals surface area contributed by atoms with Crippen LogP contribution in [0.2, 0.25) is 5.02 Å². The molecule has 0 radical (unpaired) electrons. The molecule has 0 saturated heterocycles. The van der Waals surface area contributed by atoms with E-state index in [2.05, 4.69) is 9.71 Å². The van der Waals surface area contributed by atoms with E-state index in [1.165, 1.54) is 6.20 Å². The quantitative estimate of drug-likeness (QED) is 0.615. The van der Waals surface area contributed by atoms with Crippen LogP contribution in [0.25, 0.3) is 10.6 Å². The molecule has 0 aliphatic heterocycles. The van der Waals surface area contributed by atoms with Gasteiger partial charge >= 0.3 is 5.97 Å². The fourth-order valence-electron chi connectivity index (χ4n) is 3.14. The van der Waals surface area contributed by atoms with Gasteiger partial charge in [0, 0.05) is 16.5 Å². The van der Waals surface area contributed by atoms with Crippen molar-refractivity contribution >= 4 is 38.9 Å². The molecule has 1 aliphatic carbocycles. The number of carbonyl (C=O) groups is 1. The molecule has 6 nitrogen and oxygen atoms in total. The van der Waals surface area contributed by atoms with Crippen LogP contribution in [0.4, 0.5) is 0 Å². The number of halogens is 1. The molecular weight excluding hydrogens is 420 g/mol. The average molecular weight is 435 g/mol. The van der Waals surface area contributed by atoms with Crippen molar-refractivity contribution in [2.45, 2.75) is 22.1 Å². The number of sulfonamides is 1. The van der Waals surface area contributed by atoms with Gasteiger partial charge < -0.3 is 5.11 Å². The van der Waals surface area contributed by atoms with Crippen molar-refractivity contribution in [3.8, 4) is 10.6 Å². The highest BCUT2D eigenvalue weighted by Crippen LogP contribution is 2.52. The Morgan fingerprint density at radius 3 is 2.50 bits per heavy atom. The van der Waals surface area contributed by atoms with Crippen molar-refractivity contribution in [3.63, 3.8) is 0 Å². The van der Waals surface area contributed by atoms with Gasteiger partial charge in [0.05, 0.1) is 6.20 Å². The molecule has 1 aliphatic rings. The molecule has 9 heteroatoms. The van der Waals surface area contributed by atoms with E-state index in [9.17, 15) is 18.3 Å². The Labute approximate surface area is 170 Å². The molecule has 0 bridgehead atoms. The Bertz CT molecular complexity index is 1130. The van der Waals surface area contributed by atoms with E-state index in [0.29, 0.717) is 10.0 Å². The predicted molar refractivity (Wildman–Crippen MR) is 107 cm³/mol. The fourth-order valence-corrected chi connectivity index (χ4v) is 5.81. The van der Waals surface area contributed by atoms with Gasteiger partial charge in [-0.15, -0.1) is 11.3 Å². The molecule has 144 valence electrons. The Kier molecular flexibility index (Phi) is 4.75. The monoisotopic (exact) mass is 434 g/mol. The third-order valence-corrected chi connectivity index (χ3v) is 7.97. The normalized spacial score (nSPS) is 21.4. The van der Waals surface area contributed by atoms with Crippen LogP contribution in [0.3, 0.4) is 0 Å². The lowest BCUT2D eigenvalue weighted by Crippen LogP contribution is -2.44. The fraction of sp³-hybridized carbons (Fsp3) is 0.158. The summed E-state index contributed by atoms with van der Waals surface area (Å²) in [6, 6.07) is 15.9. The van der Waals surface area contributed by atoms with E-state index in [4.69, 9.17) is 11.6 Å². The van der Waals surface area contributed by atoms with Crippen LogP contribution in [0.5, 0.6) is 0 Å². The summed E-state index contributed by atoms with van der Waals surface area (Å²) in [5.74, 6) is -1.60. The van der Waals surface area contributed by atoms with Gasteiger partial charge in [-0.05, 0) is 24.1 Å². The molecular formula is C19H15ClN2O4S2. The summed E-state index contributed by atoms with van der Waals surface area (Å²) in [6.07, 6.45) is 1.45. The van der Waals surface area contributed by atoms with Gasteiger partial charge in [0.25, 0.3) is 10.0 Å². The van der Waals surface area contributed by atoms with Crippen LogP contribution in [-0.4, -0.2) is 30.0 Å². The van der Waals surface area contributed by atoms with E-state index >= 15 is 0 Å². The molecule has 1 saturated carbocycles. The molecule has 2 atom stereocenters. The lowest BCUT2D eigenvalue weighted by molar-refractivity contribution is -0.140. The smallest absolute Gasteiger partial charge is 0.325 e. The SMILES string of the molecule is O=C(O)[C@]1(NS(=O)(=O)c2cnc(-c3ccc(Cl)cc3)s2)C[C@@H]1c1ccccc1. The second kappa shape index (κ2) is 6.97. The molecule has 4 rings (SSSR count). The molecule has 1 fully saturated rings. The first-order valence-corrected chi connectivity index (χ1v) is 11.0. The molecule has 0 unspecified atom stereocenters. The van der Waals surface area contributed by atoms with Crippen LogP contribution >= 0.6 is 22.9 Å². The maximum atomic E-state index is 12.8. The molecule has 3 aromatic rings. The average Bonchev–Trinajstić information content (AvgIpc) is 3.17. The zero-order valence-electron chi connectivity index (χ0n) is 14.4. The van der Waals surface area contributed by atoms with E-state index in [-0.39, 0.29) is 10.6 Å². The number of carboxylic acid groups (broad SMARTS) is 1. The summed E-state index contributed by atoms with van der Waals surface area (Å²) in [4.78, 5) is 16.0. The number of carboxylic acids is 1. The maximum Gasteiger partial charge on any atom is 0.325 e. The summed E-state index contributed by atoms with van der Waals surface area (Å²) < 4.78 is 28.1. The van der Waals surface area contributed by atoms with Gasteiger partial charge in [-0.2, -0.15) is 4.72 Å². The number of hydrogen-bond donors (Lipinski definition) is 2. The minimum absolute atomic E-state index is 0.0308. The molecule has 0 amide bonds. The van der Waals surface area contributed by atoms with E-state index in [1.807, 2.05) is 6.07 Å². The summed E-state index contributed by atoms with van der Waals surface area (Å²) in [6.45, 7) is 0. The number of aliphatic carboxylic acids is 1. The van der Waals surface area contributed by atoms with Crippen LogP contribution in [0.15, 0.2) is 65.0 Å². The van der Waals surface area contributed by atoms with E-state index < -0.39 is 27.4 Å². The molecule has 1 heterocycles. The minimum atomic E-state index is -4.04. The van der Waals surface area contributed by atoms with Crippen LogP contribution in [0.1, 0.15) is 17.9 Å². The number of benzene rings is 2. The van der Waals surface area contributed by atoms with Crippen molar-refractivity contribution in [1.82, 2.24) is 9.71 Å². The third kappa shape index (κ3) is 3.44. The van der Waals surface area contributed by atoms with E-state index in [0.717, 1.165) is 22.5 Å². The standard InChI is InChI=1S/C19H15ClN2O4S2/c20-14-8-6-13(7-9-14)17-21-11-16(27-17)28(25,26)22-19(18(23)24)10-15(19)12-4-2-1-3-5-12/h1-9,11,15,22H,10H2,(H,23,24)/t15-,19+/m1/s1. The number of nitrogens with zero attached hydrogens (tertiary/aromatic N) is 1. The number of aromatic nitrogens is 1. The molecule has 0 spiro atoms. The summed E-state index contributed by atoms with van der Waals surface area (Å²) in [7, 11) is -4.04. The predicted octanol–water partition coefficient (Wildman–Crippen LogP) is 3.75. The second-order valence-electron chi connectivity index (χ2n) is 6.54. The highest BCUT2D eigenvalue weighted by Gasteiger charge is 2.63. The largest absolute Gasteiger partial charge is 0.480 e. The first kappa shape index (κ1) is 19.1. The van der Waals surface area contributed by atoms with Crippen molar-refractivity contribution in [1.29, 1.82) is 0 Å². The Morgan fingerprint density at radius 2 is 1.86 bits per heavy atom. The van der Waals surface area contributed by atoms with Crippen LogP contribution in [-0.2, 0) is 14.8 Å². The van der Waals surface area contributed by atoms with Gasteiger partial charge in [0.2, 0.25) is 0 Å². The Hall–Kier alpha value is -2.26. The topological polar surface area (TPSA) is 96.4 Å². The summed E-state index contributed by atoms with van der Waals surface area (Å²) in [5, 5.41) is 10.8. The molecule has 2 N–H and O–H groups in total. The third-order valence-electron chi connectivity index (χ3n) is 4.70. The maximum absolute atomic E-state index is 12.8. The van der Waals surface area contributed by atoms with E-state index in [1.54, 1.807) is 48.5 Å². The summed E-state index contributed by atoms with van der Waals surface area (Å²) >= 11 is 6.85. The first-order chi connectivity index (χ1) is 13.3. The van der Waals surface area contributed by atoms with Gasteiger partial charge in [-0.1, -0.05) is 54.1 Å². The van der Waals surface area contributed by atoms with Gasteiger partial charge in [0.15, 0.2) is 4.21 Å². The first-order valence-electron chi connectivity index (χ1n) is 8.36. The second-order valence-corrected chi connectivity index (χ2v) is 9.92. The number of thiazole rings is 1. The minimum Gasteiger partial charge on any atom is -0.480 e. The van der Waals surface area contributed by atoms with Crippen molar-refractivity contribution < 1.29 is 18.3 Å². The zero-order valence-corrected chi connectivity index (χ0v) is 16.8. The van der Waals surface area contributed by atoms with Gasteiger partial charge in [-0.25, -0.2) is 13.4 Å².